The minimum absolute atomic E-state index is 0.199. The van der Waals surface area contributed by atoms with Crippen LogP contribution in [-0.4, -0.2) is 21.2 Å². The van der Waals surface area contributed by atoms with Crippen molar-refractivity contribution in [1.29, 1.82) is 0 Å². The number of aliphatic imine (C=N–C) groups is 1. The van der Waals surface area contributed by atoms with Crippen molar-refractivity contribution in [3.8, 4) is 17.2 Å². The summed E-state index contributed by atoms with van der Waals surface area (Å²) in [5.41, 5.74) is 4.35. The van der Waals surface area contributed by atoms with E-state index in [1.165, 1.54) is 13.1 Å². The van der Waals surface area contributed by atoms with E-state index >= 15 is 0 Å². The van der Waals surface area contributed by atoms with Gasteiger partial charge in [0.2, 0.25) is 11.6 Å². The molecule has 0 aliphatic rings. The van der Waals surface area contributed by atoms with Crippen LogP contribution in [0, 0.1) is 30.9 Å². The van der Waals surface area contributed by atoms with Gasteiger partial charge in [0.15, 0.2) is 5.58 Å². The molecule has 4 aromatic rings. The average molecular weight is 436 g/mol. The number of aromatic hydroxyl groups is 1. The molecule has 4 rings (SSSR count). The molecule has 1 heterocycles. The number of phenolic OH excluding ortho intramolecular Hbond substituents is 1. The molecule has 0 bridgehead atoms. The van der Waals surface area contributed by atoms with Crippen molar-refractivity contribution in [3.63, 3.8) is 0 Å². The van der Waals surface area contributed by atoms with E-state index in [1.54, 1.807) is 25.1 Å². The molecule has 156 valence electrons. The number of phenols is 1. The molecule has 7 nitrogen and oxygen atoms in total. The first-order valence-corrected chi connectivity index (χ1v) is 9.81. The number of oxazole rings is 1. The molecule has 0 radical (unpaired) electrons. The van der Waals surface area contributed by atoms with Crippen LogP contribution in [0.4, 0.5) is 11.4 Å². The van der Waals surface area contributed by atoms with E-state index in [0.29, 0.717) is 22.7 Å². The van der Waals surface area contributed by atoms with Gasteiger partial charge in [-0.05, 0) is 62.2 Å². The minimum Gasteiger partial charge on any atom is -0.502 e. The number of halogens is 1. The fourth-order valence-corrected chi connectivity index (χ4v) is 3.58. The first-order chi connectivity index (χ1) is 14.8. The maximum Gasteiger partial charge on any atom is 0.315 e. The van der Waals surface area contributed by atoms with Crippen molar-refractivity contribution in [2.45, 2.75) is 20.8 Å². The molecule has 0 aliphatic carbocycles. The summed E-state index contributed by atoms with van der Waals surface area (Å²) in [5, 5.41) is 22.0. The zero-order valence-corrected chi connectivity index (χ0v) is 17.8. The SMILES string of the molecule is Cc1ccc2oc(-c3cccc(N=Cc4c(C)c(Cl)c(C)c([N+](=O)[O-])c4O)c3)nc2c1. The third-order valence-electron chi connectivity index (χ3n) is 5.06. The van der Waals surface area contributed by atoms with Crippen LogP contribution in [-0.2, 0) is 0 Å². The molecule has 0 unspecified atom stereocenters. The molecule has 0 aliphatic heterocycles. The molecule has 1 N–H and O–H groups in total. The van der Waals surface area contributed by atoms with Crippen LogP contribution in [0.1, 0.15) is 22.3 Å². The van der Waals surface area contributed by atoms with Crippen molar-refractivity contribution in [2.75, 3.05) is 0 Å². The number of aryl methyl sites for hydroxylation is 1. The fraction of sp³-hybridized carbons (Fsp3) is 0.130. The number of hydrogen-bond donors (Lipinski definition) is 1. The van der Waals surface area contributed by atoms with Crippen LogP contribution in [0.3, 0.4) is 0 Å². The Morgan fingerprint density at radius 3 is 2.68 bits per heavy atom. The van der Waals surface area contributed by atoms with Gasteiger partial charge in [0, 0.05) is 22.9 Å². The van der Waals surface area contributed by atoms with Crippen molar-refractivity contribution >= 4 is 40.3 Å². The van der Waals surface area contributed by atoms with E-state index in [1.807, 2.05) is 31.2 Å². The second-order valence-corrected chi connectivity index (χ2v) is 7.61. The summed E-state index contributed by atoms with van der Waals surface area (Å²) in [4.78, 5) is 19.6. The largest absolute Gasteiger partial charge is 0.502 e. The number of nitro benzene ring substituents is 1. The zero-order chi connectivity index (χ0) is 22.3. The lowest BCUT2D eigenvalue weighted by molar-refractivity contribution is -0.386. The highest BCUT2D eigenvalue weighted by Gasteiger charge is 2.25. The van der Waals surface area contributed by atoms with Gasteiger partial charge in [-0.15, -0.1) is 0 Å². The van der Waals surface area contributed by atoms with Crippen molar-refractivity contribution in [1.82, 2.24) is 4.98 Å². The van der Waals surface area contributed by atoms with Crippen molar-refractivity contribution in [2.24, 2.45) is 4.99 Å². The molecule has 31 heavy (non-hydrogen) atoms. The lowest BCUT2D eigenvalue weighted by Gasteiger charge is -2.10. The van der Waals surface area contributed by atoms with Gasteiger partial charge >= 0.3 is 5.69 Å². The summed E-state index contributed by atoms with van der Waals surface area (Å²) < 4.78 is 5.84. The molecule has 0 fully saturated rings. The Labute approximate surface area is 182 Å². The predicted molar refractivity (Wildman–Crippen MR) is 121 cm³/mol. The van der Waals surface area contributed by atoms with Crippen LogP contribution in [0.5, 0.6) is 5.75 Å². The molecule has 0 saturated heterocycles. The normalized spacial score (nSPS) is 11.5. The summed E-state index contributed by atoms with van der Waals surface area (Å²) in [6, 6.07) is 13.0. The minimum atomic E-state index is -0.650. The second kappa shape index (κ2) is 7.85. The van der Waals surface area contributed by atoms with Gasteiger partial charge < -0.3 is 9.52 Å². The Hall–Kier alpha value is -3.71. The Morgan fingerprint density at radius 1 is 1.16 bits per heavy atom. The fourth-order valence-electron chi connectivity index (χ4n) is 3.39. The molecular weight excluding hydrogens is 418 g/mol. The van der Waals surface area contributed by atoms with Gasteiger partial charge in [0.05, 0.1) is 15.6 Å². The van der Waals surface area contributed by atoms with Gasteiger partial charge in [-0.1, -0.05) is 23.7 Å². The summed E-state index contributed by atoms with van der Waals surface area (Å²) in [6.07, 6.45) is 1.37. The van der Waals surface area contributed by atoms with E-state index in [-0.39, 0.29) is 16.1 Å². The maximum atomic E-state index is 11.4. The number of rotatable bonds is 4. The monoisotopic (exact) mass is 435 g/mol. The quantitative estimate of drug-likeness (QED) is 0.226. The number of hydrogen-bond acceptors (Lipinski definition) is 6. The highest BCUT2D eigenvalue weighted by Crippen LogP contribution is 2.40. The molecule has 0 spiro atoms. The van der Waals surface area contributed by atoms with Gasteiger partial charge in [0.1, 0.15) is 5.52 Å². The van der Waals surface area contributed by atoms with E-state index in [9.17, 15) is 15.2 Å². The topological polar surface area (TPSA) is 102 Å². The summed E-state index contributed by atoms with van der Waals surface area (Å²) >= 11 is 6.24. The third kappa shape index (κ3) is 3.75. The number of fused-ring (bicyclic) bond motifs is 1. The van der Waals surface area contributed by atoms with Gasteiger partial charge in [0.25, 0.3) is 0 Å². The van der Waals surface area contributed by atoms with Crippen LogP contribution < -0.4 is 0 Å². The summed E-state index contributed by atoms with van der Waals surface area (Å²) in [6.45, 7) is 5.17. The van der Waals surface area contributed by atoms with E-state index in [4.69, 9.17) is 16.0 Å². The number of nitro groups is 1. The lowest BCUT2D eigenvalue weighted by Crippen LogP contribution is -2.00. The molecule has 0 atom stereocenters. The van der Waals surface area contributed by atoms with Crippen LogP contribution in [0.15, 0.2) is 51.9 Å². The van der Waals surface area contributed by atoms with Gasteiger partial charge in [-0.2, -0.15) is 0 Å². The van der Waals surface area contributed by atoms with E-state index in [2.05, 4.69) is 9.98 Å². The third-order valence-corrected chi connectivity index (χ3v) is 5.63. The average Bonchev–Trinajstić information content (AvgIpc) is 3.15. The smallest absolute Gasteiger partial charge is 0.315 e. The molecule has 0 saturated carbocycles. The zero-order valence-electron chi connectivity index (χ0n) is 17.0. The molecule has 8 heteroatoms. The number of nitrogens with zero attached hydrogens (tertiary/aromatic N) is 3. The van der Waals surface area contributed by atoms with Gasteiger partial charge in [-0.3, -0.25) is 15.1 Å². The predicted octanol–water partition coefficient (Wildman–Crippen LogP) is 6.44. The molecular formula is C23H18ClN3O4. The standard InChI is InChI=1S/C23H18ClN3O4/c1-12-7-8-19-18(9-12)26-23(31-19)15-5-4-6-16(10-15)25-11-17-13(2)20(24)14(3)21(22(17)28)27(29)30/h4-11,28H,1-3H3. The number of benzene rings is 3. The highest BCUT2D eigenvalue weighted by atomic mass is 35.5. The Balaban J connectivity index is 1.73. The lowest BCUT2D eigenvalue weighted by atomic mass is 10.0. The second-order valence-electron chi connectivity index (χ2n) is 7.23. The van der Waals surface area contributed by atoms with Crippen LogP contribution in [0.2, 0.25) is 5.02 Å². The summed E-state index contributed by atoms with van der Waals surface area (Å²) in [5.74, 6) is 0.00400. The Bertz CT molecular complexity index is 1380. The first kappa shape index (κ1) is 20.6. The summed E-state index contributed by atoms with van der Waals surface area (Å²) in [7, 11) is 0. The van der Waals surface area contributed by atoms with Crippen LogP contribution >= 0.6 is 11.6 Å². The van der Waals surface area contributed by atoms with Crippen molar-refractivity contribution < 1.29 is 14.4 Å². The molecule has 3 aromatic carbocycles. The van der Waals surface area contributed by atoms with E-state index in [0.717, 1.165) is 16.6 Å². The van der Waals surface area contributed by atoms with Crippen LogP contribution in [0.25, 0.3) is 22.6 Å². The van der Waals surface area contributed by atoms with Crippen molar-refractivity contribution in [3.05, 3.63) is 79.9 Å². The van der Waals surface area contributed by atoms with E-state index < -0.39 is 16.4 Å². The molecule has 1 aromatic heterocycles. The number of aromatic nitrogens is 1. The highest BCUT2D eigenvalue weighted by molar-refractivity contribution is 6.33. The Morgan fingerprint density at radius 2 is 1.94 bits per heavy atom. The Kier molecular flexibility index (Phi) is 5.20. The first-order valence-electron chi connectivity index (χ1n) is 9.44. The van der Waals surface area contributed by atoms with Gasteiger partial charge in [-0.25, -0.2) is 4.98 Å². The molecule has 0 amide bonds. The maximum absolute atomic E-state index is 11.4.